The van der Waals surface area contributed by atoms with E-state index in [1.54, 1.807) is 0 Å². The average Bonchev–Trinajstić information content (AvgIpc) is 2.02. The van der Waals surface area contributed by atoms with Crippen LogP contribution in [0.2, 0.25) is 0 Å². The van der Waals surface area contributed by atoms with Gasteiger partial charge in [0.25, 0.3) is 0 Å². The SMILES string of the molecule is C=C(C)CNc1ccc(Br)cc1N. The summed E-state index contributed by atoms with van der Waals surface area (Å²) in [7, 11) is 0. The van der Waals surface area contributed by atoms with Gasteiger partial charge in [0.1, 0.15) is 0 Å². The monoisotopic (exact) mass is 240 g/mol. The molecule has 0 aliphatic rings. The van der Waals surface area contributed by atoms with E-state index in [1.165, 1.54) is 0 Å². The highest BCUT2D eigenvalue weighted by Gasteiger charge is 1.97. The summed E-state index contributed by atoms with van der Waals surface area (Å²) in [6.07, 6.45) is 0. The Morgan fingerprint density at radius 3 is 2.85 bits per heavy atom. The molecule has 0 aromatic heterocycles. The zero-order valence-electron chi connectivity index (χ0n) is 7.60. The molecule has 13 heavy (non-hydrogen) atoms. The third-order valence-corrected chi connectivity index (χ3v) is 2.09. The minimum absolute atomic E-state index is 0.746. The lowest BCUT2D eigenvalue weighted by atomic mass is 10.2. The number of nitrogens with two attached hydrogens (primary N) is 1. The molecule has 0 spiro atoms. The molecule has 0 fully saturated rings. The summed E-state index contributed by atoms with van der Waals surface area (Å²) in [4.78, 5) is 0. The molecule has 0 unspecified atom stereocenters. The standard InChI is InChI=1S/C10H13BrN2/c1-7(2)6-13-10-4-3-8(11)5-9(10)12/h3-5,13H,1,6,12H2,2H3. The van der Waals surface area contributed by atoms with Crippen molar-refractivity contribution in [2.75, 3.05) is 17.6 Å². The predicted octanol–water partition coefficient (Wildman–Crippen LogP) is 3.02. The van der Waals surface area contributed by atoms with Gasteiger partial charge < -0.3 is 11.1 Å². The van der Waals surface area contributed by atoms with Gasteiger partial charge in [0.2, 0.25) is 0 Å². The van der Waals surface area contributed by atoms with Gasteiger partial charge in [-0.3, -0.25) is 0 Å². The van der Waals surface area contributed by atoms with Crippen molar-refractivity contribution in [3.05, 3.63) is 34.8 Å². The van der Waals surface area contributed by atoms with Crippen LogP contribution in [0, 0.1) is 0 Å². The minimum atomic E-state index is 0.746. The van der Waals surface area contributed by atoms with Crippen LogP contribution in [0.25, 0.3) is 0 Å². The molecule has 0 saturated carbocycles. The van der Waals surface area contributed by atoms with Crippen LogP contribution in [-0.4, -0.2) is 6.54 Å². The van der Waals surface area contributed by atoms with Crippen LogP contribution in [0.15, 0.2) is 34.8 Å². The first-order valence-electron chi connectivity index (χ1n) is 4.03. The van der Waals surface area contributed by atoms with Gasteiger partial charge in [-0.2, -0.15) is 0 Å². The number of hydrogen-bond donors (Lipinski definition) is 2. The summed E-state index contributed by atoms with van der Waals surface area (Å²) in [6, 6.07) is 5.78. The summed E-state index contributed by atoms with van der Waals surface area (Å²) in [5.41, 5.74) is 8.57. The van der Waals surface area contributed by atoms with Gasteiger partial charge in [0.15, 0.2) is 0 Å². The highest BCUT2D eigenvalue weighted by molar-refractivity contribution is 9.10. The first-order valence-corrected chi connectivity index (χ1v) is 4.82. The van der Waals surface area contributed by atoms with E-state index in [1.807, 2.05) is 25.1 Å². The van der Waals surface area contributed by atoms with E-state index in [2.05, 4.69) is 27.8 Å². The van der Waals surface area contributed by atoms with Crippen LogP contribution >= 0.6 is 15.9 Å². The molecule has 0 aliphatic carbocycles. The molecule has 3 heteroatoms. The van der Waals surface area contributed by atoms with Gasteiger partial charge in [-0.15, -0.1) is 0 Å². The maximum Gasteiger partial charge on any atom is 0.0577 e. The van der Waals surface area contributed by atoms with E-state index < -0.39 is 0 Å². The summed E-state index contributed by atoms with van der Waals surface area (Å²) < 4.78 is 0.992. The Kier molecular flexibility index (Phi) is 3.37. The van der Waals surface area contributed by atoms with Gasteiger partial charge in [-0.25, -0.2) is 0 Å². The zero-order valence-corrected chi connectivity index (χ0v) is 9.19. The Morgan fingerprint density at radius 1 is 1.62 bits per heavy atom. The van der Waals surface area contributed by atoms with E-state index in [0.29, 0.717) is 0 Å². The first kappa shape index (κ1) is 10.1. The van der Waals surface area contributed by atoms with Crippen LogP contribution in [0.4, 0.5) is 11.4 Å². The van der Waals surface area contributed by atoms with Gasteiger partial charge in [0.05, 0.1) is 11.4 Å². The molecule has 1 aromatic carbocycles. The Labute approximate surface area is 87.0 Å². The van der Waals surface area contributed by atoms with Crippen molar-refractivity contribution in [1.82, 2.24) is 0 Å². The fourth-order valence-corrected chi connectivity index (χ4v) is 1.32. The molecular weight excluding hydrogens is 228 g/mol. The lowest BCUT2D eigenvalue weighted by Crippen LogP contribution is -2.04. The Balaban J connectivity index is 2.72. The Bertz CT molecular complexity index is 321. The number of benzene rings is 1. The summed E-state index contributed by atoms with van der Waals surface area (Å²) in [5, 5.41) is 3.19. The third-order valence-electron chi connectivity index (χ3n) is 1.59. The molecule has 0 radical (unpaired) electrons. The van der Waals surface area contributed by atoms with E-state index in [0.717, 1.165) is 28.0 Å². The van der Waals surface area contributed by atoms with Crippen LogP contribution in [0.5, 0.6) is 0 Å². The number of hydrogen-bond acceptors (Lipinski definition) is 2. The van der Waals surface area contributed by atoms with Crippen molar-refractivity contribution < 1.29 is 0 Å². The molecule has 3 N–H and O–H groups in total. The second kappa shape index (κ2) is 4.33. The summed E-state index contributed by atoms with van der Waals surface area (Å²) >= 11 is 3.35. The molecule has 0 aliphatic heterocycles. The topological polar surface area (TPSA) is 38.0 Å². The fourth-order valence-electron chi connectivity index (χ4n) is 0.941. The molecule has 0 heterocycles. The van der Waals surface area contributed by atoms with E-state index in [4.69, 9.17) is 5.73 Å². The predicted molar refractivity (Wildman–Crippen MR) is 61.9 cm³/mol. The molecule has 0 atom stereocenters. The van der Waals surface area contributed by atoms with Crippen molar-refractivity contribution >= 4 is 27.3 Å². The molecule has 70 valence electrons. The Morgan fingerprint density at radius 2 is 2.31 bits per heavy atom. The summed E-state index contributed by atoms with van der Waals surface area (Å²) in [5.74, 6) is 0. The lowest BCUT2D eigenvalue weighted by Gasteiger charge is -2.08. The van der Waals surface area contributed by atoms with Crippen molar-refractivity contribution in [3.63, 3.8) is 0 Å². The average molecular weight is 241 g/mol. The second-order valence-corrected chi connectivity index (χ2v) is 3.96. The second-order valence-electron chi connectivity index (χ2n) is 3.04. The highest BCUT2D eigenvalue weighted by atomic mass is 79.9. The molecule has 0 saturated heterocycles. The van der Waals surface area contributed by atoms with Crippen molar-refractivity contribution in [1.29, 1.82) is 0 Å². The Hall–Kier alpha value is -0.960. The van der Waals surface area contributed by atoms with Crippen LogP contribution in [0.3, 0.4) is 0 Å². The first-order chi connectivity index (χ1) is 6.09. The van der Waals surface area contributed by atoms with Gasteiger partial charge in [0, 0.05) is 11.0 Å². The normalized spacial score (nSPS) is 9.69. The van der Waals surface area contributed by atoms with E-state index in [9.17, 15) is 0 Å². The molecular formula is C10H13BrN2. The van der Waals surface area contributed by atoms with Crippen molar-refractivity contribution in [2.45, 2.75) is 6.92 Å². The summed E-state index contributed by atoms with van der Waals surface area (Å²) in [6.45, 7) is 6.53. The number of anilines is 2. The van der Waals surface area contributed by atoms with Crippen molar-refractivity contribution in [3.8, 4) is 0 Å². The fraction of sp³-hybridized carbons (Fsp3) is 0.200. The van der Waals surface area contributed by atoms with Gasteiger partial charge in [-0.05, 0) is 25.1 Å². The maximum atomic E-state index is 5.79. The molecule has 1 rings (SSSR count). The minimum Gasteiger partial charge on any atom is -0.397 e. The molecule has 1 aromatic rings. The van der Waals surface area contributed by atoms with Gasteiger partial charge >= 0.3 is 0 Å². The zero-order chi connectivity index (χ0) is 9.84. The number of halogens is 1. The van der Waals surface area contributed by atoms with Crippen LogP contribution < -0.4 is 11.1 Å². The third kappa shape index (κ3) is 3.11. The van der Waals surface area contributed by atoms with Crippen molar-refractivity contribution in [2.24, 2.45) is 0 Å². The quantitative estimate of drug-likeness (QED) is 0.630. The maximum absolute atomic E-state index is 5.79. The number of nitrogens with one attached hydrogen (secondary N) is 1. The molecule has 0 bridgehead atoms. The van der Waals surface area contributed by atoms with Gasteiger partial charge in [-0.1, -0.05) is 28.1 Å². The van der Waals surface area contributed by atoms with Crippen LogP contribution in [-0.2, 0) is 0 Å². The smallest absolute Gasteiger partial charge is 0.0577 e. The van der Waals surface area contributed by atoms with E-state index in [-0.39, 0.29) is 0 Å². The number of rotatable bonds is 3. The van der Waals surface area contributed by atoms with E-state index >= 15 is 0 Å². The van der Waals surface area contributed by atoms with Crippen LogP contribution in [0.1, 0.15) is 6.92 Å². The molecule has 0 amide bonds. The highest BCUT2D eigenvalue weighted by Crippen LogP contribution is 2.22. The lowest BCUT2D eigenvalue weighted by molar-refractivity contribution is 1.22. The largest absolute Gasteiger partial charge is 0.397 e. The number of nitrogen functional groups attached to an aromatic ring is 1. The molecule has 2 nitrogen and oxygen atoms in total.